The van der Waals surface area contributed by atoms with Crippen molar-refractivity contribution in [2.75, 3.05) is 44.2 Å². The highest BCUT2D eigenvalue weighted by atomic mass is 19.4. The van der Waals surface area contributed by atoms with E-state index >= 15 is 0 Å². The number of hydrogen-bond donors (Lipinski definition) is 0. The molecule has 2 fully saturated rings. The van der Waals surface area contributed by atoms with E-state index in [9.17, 15) is 31.1 Å². The van der Waals surface area contributed by atoms with Crippen molar-refractivity contribution in [3.63, 3.8) is 0 Å². The molecule has 2 saturated heterocycles. The fourth-order valence-electron chi connectivity index (χ4n) is 5.63. The molecule has 5 rings (SSSR count). The Morgan fingerprint density at radius 2 is 1.58 bits per heavy atom. The number of ether oxygens (including phenoxy) is 1. The molecule has 38 heavy (non-hydrogen) atoms. The predicted octanol–water partition coefficient (Wildman–Crippen LogP) is 4.85. The standard InChI is InChI=1S/C25H29F6N5O2/c1-2-33-10-17-12-35(13-18(17)11-33)22-9-21-14-34(4-3-5-36(21)32-22)23(37)38-15-16-6-19(24(26,27)28)8-20(7-16)25(29,30)31/h6-9,17-18H,2-5,10-15H2,1H3. The minimum atomic E-state index is -4.97. The van der Waals surface area contributed by atoms with Crippen molar-refractivity contribution in [2.45, 2.75) is 45.4 Å². The van der Waals surface area contributed by atoms with E-state index in [1.54, 1.807) is 0 Å². The molecule has 2 atom stereocenters. The topological polar surface area (TPSA) is 53.8 Å². The summed E-state index contributed by atoms with van der Waals surface area (Å²) in [6, 6.07) is 3.13. The van der Waals surface area contributed by atoms with Crippen LogP contribution in [-0.4, -0.2) is 64.9 Å². The van der Waals surface area contributed by atoms with Gasteiger partial charge in [-0.1, -0.05) is 6.92 Å². The Hall–Kier alpha value is -2.96. The monoisotopic (exact) mass is 545 g/mol. The van der Waals surface area contributed by atoms with Gasteiger partial charge in [-0.05, 0) is 48.6 Å². The number of carbonyl (C=O) groups excluding carboxylic acids is 1. The molecule has 1 aromatic carbocycles. The van der Waals surface area contributed by atoms with Gasteiger partial charge in [-0.3, -0.25) is 4.68 Å². The lowest BCUT2D eigenvalue weighted by Gasteiger charge is -2.21. The highest BCUT2D eigenvalue weighted by Crippen LogP contribution is 2.37. The van der Waals surface area contributed by atoms with Gasteiger partial charge < -0.3 is 19.4 Å². The lowest BCUT2D eigenvalue weighted by Crippen LogP contribution is -2.31. The number of nitrogens with zero attached hydrogens (tertiary/aromatic N) is 5. The Labute approximate surface area is 215 Å². The van der Waals surface area contributed by atoms with Crippen molar-refractivity contribution in [3.05, 3.63) is 46.6 Å². The van der Waals surface area contributed by atoms with Gasteiger partial charge in [0.1, 0.15) is 6.61 Å². The number of rotatable bonds is 4. The number of benzene rings is 1. The molecular formula is C25H29F6N5O2. The predicted molar refractivity (Wildman–Crippen MR) is 125 cm³/mol. The van der Waals surface area contributed by atoms with Crippen LogP contribution in [0, 0.1) is 11.8 Å². The second-order valence-corrected chi connectivity index (χ2v) is 10.2. The normalized spacial score (nSPS) is 22.4. The minimum absolute atomic E-state index is 0.0478. The molecule has 0 saturated carbocycles. The largest absolute Gasteiger partial charge is 0.445 e. The van der Waals surface area contributed by atoms with E-state index in [1.165, 1.54) is 4.90 Å². The minimum Gasteiger partial charge on any atom is -0.445 e. The molecular weight excluding hydrogens is 516 g/mol. The maximum Gasteiger partial charge on any atom is 0.416 e. The van der Waals surface area contributed by atoms with E-state index < -0.39 is 36.2 Å². The fraction of sp³-hybridized carbons (Fsp3) is 0.600. The molecule has 3 aliphatic heterocycles. The summed E-state index contributed by atoms with van der Waals surface area (Å²) in [5.74, 6) is 2.07. The van der Waals surface area contributed by atoms with E-state index in [0.29, 0.717) is 43.5 Å². The highest BCUT2D eigenvalue weighted by molar-refractivity contribution is 5.67. The molecule has 0 spiro atoms. The second kappa shape index (κ2) is 9.97. The molecule has 0 aliphatic carbocycles. The number of carbonyl (C=O) groups is 1. The van der Waals surface area contributed by atoms with Gasteiger partial charge in [-0.15, -0.1) is 0 Å². The number of alkyl halides is 6. The van der Waals surface area contributed by atoms with E-state index in [1.807, 2.05) is 10.7 Å². The average molecular weight is 546 g/mol. The molecule has 2 unspecified atom stereocenters. The molecule has 4 heterocycles. The number of aryl methyl sites for hydroxylation is 1. The summed E-state index contributed by atoms with van der Waals surface area (Å²) in [4.78, 5) is 18.9. The number of fused-ring (bicyclic) bond motifs is 2. The van der Waals surface area contributed by atoms with Gasteiger partial charge in [0.05, 0.1) is 23.4 Å². The fourth-order valence-corrected chi connectivity index (χ4v) is 5.63. The Balaban J connectivity index is 1.24. The molecule has 1 aromatic heterocycles. The lowest BCUT2D eigenvalue weighted by molar-refractivity contribution is -0.143. The molecule has 13 heteroatoms. The second-order valence-electron chi connectivity index (χ2n) is 10.2. The lowest BCUT2D eigenvalue weighted by atomic mass is 10.0. The van der Waals surface area contributed by atoms with Gasteiger partial charge >= 0.3 is 18.4 Å². The highest BCUT2D eigenvalue weighted by Gasteiger charge is 2.40. The van der Waals surface area contributed by atoms with Crippen molar-refractivity contribution < 1.29 is 35.9 Å². The summed E-state index contributed by atoms with van der Waals surface area (Å²) in [6.45, 7) is 7.64. The van der Waals surface area contributed by atoms with Crippen molar-refractivity contribution in [1.29, 1.82) is 0 Å². The van der Waals surface area contributed by atoms with Gasteiger partial charge in [0.2, 0.25) is 0 Å². The van der Waals surface area contributed by atoms with Crippen molar-refractivity contribution >= 4 is 11.9 Å². The number of hydrogen-bond acceptors (Lipinski definition) is 5. The summed E-state index contributed by atoms with van der Waals surface area (Å²) in [5.41, 5.74) is -2.47. The quantitative estimate of drug-likeness (QED) is 0.515. The number of anilines is 1. The first-order chi connectivity index (χ1) is 17.9. The SMILES string of the molecule is CCN1CC2CN(c3cc4n(n3)CCCN(C(=O)OCc3cc(C(F)(F)F)cc(C(F)(F)F)c3)C4)CC2C1. The van der Waals surface area contributed by atoms with Crippen LogP contribution in [0.3, 0.4) is 0 Å². The Bertz CT molecular complexity index is 1130. The molecule has 0 bridgehead atoms. The van der Waals surface area contributed by atoms with Crippen LogP contribution < -0.4 is 4.90 Å². The Kier molecular flexibility index (Phi) is 6.99. The first-order valence-electron chi connectivity index (χ1n) is 12.6. The molecule has 0 N–H and O–H groups in total. The summed E-state index contributed by atoms with van der Waals surface area (Å²) in [7, 11) is 0. The van der Waals surface area contributed by atoms with Crippen LogP contribution in [0.1, 0.15) is 35.7 Å². The van der Waals surface area contributed by atoms with Crippen LogP contribution in [0.5, 0.6) is 0 Å². The van der Waals surface area contributed by atoms with Crippen LogP contribution in [0.4, 0.5) is 37.0 Å². The van der Waals surface area contributed by atoms with Gasteiger partial charge in [0.25, 0.3) is 0 Å². The van der Waals surface area contributed by atoms with E-state index in [2.05, 4.69) is 16.7 Å². The summed E-state index contributed by atoms with van der Waals surface area (Å²) >= 11 is 0. The zero-order valence-corrected chi connectivity index (χ0v) is 20.9. The Morgan fingerprint density at radius 1 is 0.947 bits per heavy atom. The molecule has 1 amide bonds. The number of aromatic nitrogens is 2. The molecule has 208 valence electrons. The maximum absolute atomic E-state index is 13.1. The maximum atomic E-state index is 13.1. The van der Waals surface area contributed by atoms with Crippen LogP contribution in [-0.2, 0) is 36.8 Å². The van der Waals surface area contributed by atoms with Crippen LogP contribution in [0.25, 0.3) is 0 Å². The third-order valence-electron chi connectivity index (χ3n) is 7.60. The van der Waals surface area contributed by atoms with Gasteiger partial charge in [0.15, 0.2) is 5.82 Å². The first kappa shape index (κ1) is 26.6. The molecule has 3 aliphatic rings. The third-order valence-corrected chi connectivity index (χ3v) is 7.60. The van der Waals surface area contributed by atoms with Gasteiger partial charge in [0, 0.05) is 45.3 Å². The first-order valence-corrected chi connectivity index (χ1v) is 12.6. The zero-order chi connectivity index (χ0) is 27.2. The third kappa shape index (κ3) is 5.57. The number of amides is 1. The molecule has 7 nitrogen and oxygen atoms in total. The number of halogens is 6. The van der Waals surface area contributed by atoms with Crippen molar-refractivity contribution in [2.24, 2.45) is 11.8 Å². The number of likely N-dealkylation sites (tertiary alicyclic amines) is 1. The molecule has 2 aromatic rings. The molecule has 0 radical (unpaired) electrons. The summed E-state index contributed by atoms with van der Waals surface area (Å²) in [6.07, 6.45) is -10.2. The van der Waals surface area contributed by atoms with Gasteiger partial charge in [-0.2, -0.15) is 31.4 Å². The summed E-state index contributed by atoms with van der Waals surface area (Å²) < 4.78 is 85.8. The van der Waals surface area contributed by atoms with Crippen LogP contribution in [0.15, 0.2) is 24.3 Å². The van der Waals surface area contributed by atoms with Gasteiger partial charge in [-0.25, -0.2) is 4.79 Å². The smallest absolute Gasteiger partial charge is 0.416 e. The van der Waals surface area contributed by atoms with E-state index in [-0.39, 0.29) is 18.2 Å². The summed E-state index contributed by atoms with van der Waals surface area (Å²) in [5, 5.41) is 4.75. The van der Waals surface area contributed by atoms with E-state index in [4.69, 9.17) is 9.84 Å². The average Bonchev–Trinajstić information content (AvgIpc) is 3.50. The van der Waals surface area contributed by atoms with Crippen LogP contribution >= 0.6 is 0 Å². The van der Waals surface area contributed by atoms with Crippen molar-refractivity contribution in [3.8, 4) is 0 Å². The van der Waals surface area contributed by atoms with Crippen molar-refractivity contribution in [1.82, 2.24) is 19.6 Å². The van der Waals surface area contributed by atoms with Crippen LogP contribution in [0.2, 0.25) is 0 Å². The zero-order valence-electron chi connectivity index (χ0n) is 20.9. The van der Waals surface area contributed by atoms with E-state index in [0.717, 1.165) is 44.2 Å². The Morgan fingerprint density at radius 3 is 2.16 bits per heavy atom.